The van der Waals surface area contributed by atoms with Crippen molar-refractivity contribution in [3.63, 3.8) is 0 Å². The highest BCUT2D eigenvalue weighted by Crippen LogP contribution is 2.33. The lowest BCUT2D eigenvalue weighted by Crippen LogP contribution is -2.12. The normalized spacial score (nSPS) is 13.8. The minimum absolute atomic E-state index is 0.101. The number of nitro groups is 1. The molecule has 0 saturated carbocycles. The van der Waals surface area contributed by atoms with Crippen LogP contribution in [0.3, 0.4) is 0 Å². The van der Waals surface area contributed by atoms with Gasteiger partial charge in [0.15, 0.2) is 0 Å². The van der Waals surface area contributed by atoms with Crippen LogP contribution in [0.4, 0.5) is 5.69 Å². The maximum absolute atomic E-state index is 10.9. The van der Waals surface area contributed by atoms with Crippen molar-refractivity contribution in [2.75, 3.05) is 0 Å². The van der Waals surface area contributed by atoms with Crippen LogP contribution >= 0.6 is 0 Å². The SMILES string of the molecule is O=[N+]([O-])c1ccccc1[C@@H](O)[C@@H](O)c1ccccc1. The molecular weight excluding hydrogens is 246 g/mol. The van der Waals surface area contributed by atoms with Gasteiger partial charge in [0.2, 0.25) is 0 Å². The standard InChI is InChI=1S/C14H13NO4/c16-13(10-6-2-1-3-7-10)14(17)11-8-4-5-9-12(11)15(18)19/h1-9,13-14,16-17H/t13-,14+/m0/s1. The predicted molar refractivity (Wildman–Crippen MR) is 69.5 cm³/mol. The monoisotopic (exact) mass is 259 g/mol. The van der Waals surface area contributed by atoms with Crippen molar-refractivity contribution in [3.8, 4) is 0 Å². The van der Waals surface area contributed by atoms with E-state index < -0.39 is 17.1 Å². The lowest BCUT2D eigenvalue weighted by atomic mass is 9.97. The summed E-state index contributed by atoms with van der Waals surface area (Å²) in [6.45, 7) is 0. The third kappa shape index (κ3) is 2.78. The average molecular weight is 259 g/mol. The molecule has 98 valence electrons. The molecule has 5 heteroatoms. The van der Waals surface area contributed by atoms with E-state index in [1.807, 2.05) is 0 Å². The van der Waals surface area contributed by atoms with Crippen LogP contribution in [0.15, 0.2) is 54.6 Å². The first-order chi connectivity index (χ1) is 9.11. The Hall–Kier alpha value is -2.24. The second kappa shape index (κ2) is 5.60. The molecule has 0 unspecified atom stereocenters. The zero-order valence-corrected chi connectivity index (χ0v) is 10.0. The van der Waals surface area contributed by atoms with Crippen molar-refractivity contribution < 1.29 is 15.1 Å². The lowest BCUT2D eigenvalue weighted by Gasteiger charge is -2.18. The molecule has 0 heterocycles. The number of hydrogen-bond donors (Lipinski definition) is 2. The topological polar surface area (TPSA) is 83.6 Å². The predicted octanol–water partition coefficient (Wildman–Crippen LogP) is 2.36. The first kappa shape index (κ1) is 13.2. The Morgan fingerprint density at radius 2 is 1.47 bits per heavy atom. The van der Waals surface area contributed by atoms with Crippen LogP contribution in [0.1, 0.15) is 23.3 Å². The molecular formula is C14H13NO4. The van der Waals surface area contributed by atoms with E-state index in [4.69, 9.17) is 0 Å². The first-order valence-corrected chi connectivity index (χ1v) is 5.75. The van der Waals surface area contributed by atoms with E-state index in [-0.39, 0.29) is 11.3 Å². The molecule has 0 aliphatic rings. The lowest BCUT2D eigenvalue weighted by molar-refractivity contribution is -0.386. The van der Waals surface area contributed by atoms with Crippen molar-refractivity contribution in [1.82, 2.24) is 0 Å². The van der Waals surface area contributed by atoms with Crippen molar-refractivity contribution in [3.05, 3.63) is 75.8 Å². The fraction of sp³-hybridized carbons (Fsp3) is 0.143. The van der Waals surface area contributed by atoms with Crippen LogP contribution in [0.25, 0.3) is 0 Å². The third-order valence-electron chi connectivity index (χ3n) is 2.89. The Bertz CT molecular complexity index is 571. The van der Waals surface area contributed by atoms with Crippen LogP contribution in [0.2, 0.25) is 0 Å². The minimum atomic E-state index is -1.34. The maximum atomic E-state index is 10.9. The van der Waals surface area contributed by atoms with E-state index in [1.54, 1.807) is 36.4 Å². The number of hydrogen-bond acceptors (Lipinski definition) is 4. The van der Waals surface area contributed by atoms with E-state index in [0.29, 0.717) is 5.56 Å². The molecule has 2 aromatic carbocycles. The van der Waals surface area contributed by atoms with E-state index in [0.717, 1.165) is 0 Å². The van der Waals surface area contributed by atoms with E-state index in [9.17, 15) is 20.3 Å². The quantitative estimate of drug-likeness (QED) is 0.652. The number of aliphatic hydroxyl groups is 2. The van der Waals surface area contributed by atoms with Crippen molar-refractivity contribution in [2.45, 2.75) is 12.2 Å². The fourth-order valence-corrected chi connectivity index (χ4v) is 1.91. The zero-order valence-electron chi connectivity index (χ0n) is 10.0. The van der Waals surface area contributed by atoms with Gasteiger partial charge >= 0.3 is 0 Å². The van der Waals surface area contributed by atoms with Gasteiger partial charge in [-0.1, -0.05) is 42.5 Å². The number of benzene rings is 2. The smallest absolute Gasteiger partial charge is 0.275 e. The van der Waals surface area contributed by atoms with Gasteiger partial charge in [0, 0.05) is 6.07 Å². The molecule has 2 rings (SSSR count). The van der Waals surface area contributed by atoms with Crippen LogP contribution in [-0.2, 0) is 0 Å². The summed E-state index contributed by atoms with van der Waals surface area (Å²) in [7, 11) is 0. The molecule has 19 heavy (non-hydrogen) atoms. The van der Waals surface area contributed by atoms with Gasteiger partial charge in [-0.25, -0.2) is 0 Å². The molecule has 5 nitrogen and oxygen atoms in total. The summed E-state index contributed by atoms with van der Waals surface area (Å²) in [6.07, 6.45) is -2.55. The molecule has 0 saturated heterocycles. The number of nitrogens with zero attached hydrogens (tertiary/aromatic N) is 1. The molecule has 0 radical (unpaired) electrons. The van der Waals surface area contributed by atoms with Gasteiger partial charge in [0.05, 0.1) is 10.5 Å². The van der Waals surface area contributed by atoms with Gasteiger partial charge in [-0.15, -0.1) is 0 Å². The average Bonchev–Trinajstić information content (AvgIpc) is 2.46. The molecule has 0 amide bonds. The molecule has 2 N–H and O–H groups in total. The summed E-state index contributed by atoms with van der Waals surface area (Å²) in [5.74, 6) is 0. The first-order valence-electron chi connectivity index (χ1n) is 5.75. The van der Waals surface area contributed by atoms with E-state index in [2.05, 4.69) is 0 Å². The Balaban J connectivity index is 2.34. The maximum Gasteiger partial charge on any atom is 0.275 e. The molecule has 0 aliphatic heterocycles. The van der Waals surface area contributed by atoms with Crippen molar-refractivity contribution >= 4 is 5.69 Å². The number of para-hydroxylation sites is 1. The van der Waals surface area contributed by atoms with E-state index in [1.165, 1.54) is 18.2 Å². The largest absolute Gasteiger partial charge is 0.385 e. The van der Waals surface area contributed by atoms with Crippen molar-refractivity contribution in [2.24, 2.45) is 0 Å². The van der Waals surface area contributed by atoms with Crippen LogP contribution in [0, 0.1) is 10.1 Å². The van der Waals surface area contributed by atoms with Crippen molar-refractivity contribution in [1.29, 1.82) is 0 Å². The summed E-state index contributed by atoms with van der Waals surface area (Å²) < 4.78 is 0. The highest BCUT2D eigenvalue weighted by atomic mass is 16.6. The highest BCUT2D eigenvalue weighted by molar-refractivity contribution is 5.42. The second-order valence-electron chi connectivity index (χ2n) is 4.12. The van der Waals surface area contributed by atoms with Gasteiger partial charge < -0.3 is 10.2 Å². The Labute approximate surface area is 109 Å². The summed E-state index contributed by atoms with van der Waals surface area (Å²) in [5.41, 5.74) is 0.405. The summed E-state index contributed by atoms with van der Waals surface area (Å²) in [6, 6.07) is 14.4. The third-order valence-corrected chi connectivity index (χ3v) is 2.89. The van der Waals surface area contributed by atoms with Gasteiger partial charge in [-0.2, -0.15) is 0 Å². The Morgan fingerprint density at radius 3 is 2.11 bits per heavy atom. The van der Waals surface area contributed by atoms with Gasteiger partial charge in [-0.05, 0) is 11.6 Å². The second-order valence-corrected chi connectivity index (χ2v) is 4.12. The zero-order chi connectivity index (χ0) is 13.8. The fourth-order valence-electron chi connectivity index (χ4n) is 1.91. The van der Waals surface area contributed by atoms with Crippen LogP contribution < -0.4 is 0 Å². The molecule has 0 bridgehead atoms. The van der Waals surface area contributed by atoms with E-state index >= 15 is 0 Å². The molecule has 0 aromatic heterocycles. The van der Waals surface area contributed by atoms with Crippen LogP contribution in [0.5, 0.6) is 0 Å². The summed E-state index contributed by atoms with van der Waals surface area (Å²) >= 11 is 0. The van der Waals surface area contributed by atoms with Gasteiger partial charge in [0.25, 0.3) is 5.69 Å². The number of rotatable bonds is 4. The molecule has 0 spiro atoms. The van der Waals surface area contributed by atoms with Gasteiger partial charge in [0.1, 0.15) is 12.2 Å². The summed E-state index contributed by atoms with van der Waals surface area (Å²) in [4.78, 5) is 10.3. The Kier molecular flexibility index (Phi) is 3.89. The summed E-state index contributed by atoms with van der Waals surface area (Å²) in [5, 5.41) is 31.1. The molecule has 2 aromatic rings. The molecule has 0 fully saturated rings. The molecule has 0 aliphatic carbocycles. The van der Waals surface area contributed by atoms with Crippen LogP contribution in [-0.4, -0.2) is 15.1 Å². The minimum Gasteiger partial charge on any atom is -0.385 e. The van der Waals surface area contributed by atoms with Gasteiger partial charge in [-0.3, -0.25) is 10.1 Å². The number of nitro benzene ring substituents is 1. The number of aliphatic hydroxyl groups excluding tert-OH is 2. The molecule has 2 atom stereocenters. The Morgan fingerprint density at radius 1 is 0.895 bits per heavy atom. The highest BCUT2D eigenvalue weighted by Gasteiger charge is 2.26.